The molecule has 0 fully saturated rings. The average molecular weight is 417 g/mol. The van der Waals surface area contributed by atoms with Gasteiger partial charge in [-0.15, -0.1) is 0 Å². The second kappa shape index (κ2) is 7.91. The lowest BCUT2D eigenvalue weighted by Crippen LogP contribution is -2.41. The molecule has 3 aromatic rings. The van der Waals surface area contributed by atoms with Gasteiger partial charge < -0.3 is 4.42 Å². The number of fused-ring (bicyclic) bond motifs is 1. The van der Waals surface area contributed by atoms with E-state index in [1.807, 2.05) is 0 Å². The summed E-state index contributed by atoms with van der Waals surface area (Å²) in [5.74, 6) is -0.599. The molecular weight excluding hydrogens is 398 g/mol. The molecule has 1 aliphatic rings. The molecule has 4 rings (SSSR count). The van der Waals surface area contributed by atoms with Crippen LogP contribution in [-0.4, -0.2) is 28.5 Å². The quantitative estimate of drug-likeness (QED) is 0.501. The van der Waals surface area contributed by atoms with Gasteiger partial charge in [0.1, 0.15) is 11.5 Å². The Morgan fingerprint density at radius 1 is 0.871 bits per heavy atom. The molecule has 0 radical (unpaired) electrons. The van der Waals surface area contributed by atoms with Gasteiger partial charge in [0.25, 0.3) is 23.6 Å². The third-order valence-corrected chi connectivity index (χ3v) is 5.01. The zero-order valence-corrected chi connectivity index (χ0v) is 16.9. The number of rotatable bonds is 4. The summed E-state index contributed by atoms with van der Waals surface area (Å²) in [5.41, 5.74) is 6.83. The number of amides is 4. The first-order valence-corrected chi connectivity index (χ1v) is 9.57. The van der Waals surface area contributed by atoms with Crippen LogP contribution in [0.4, 0.5) is 0 Å². The fourth-order valence-corrected chi connectivity index (χ4v) is 3.44. The molecule has 4 amide bonds. The smallest absolute Gasteiger partial charge is 0.273 e. The van der Waals surface area contributed by atoms with E-state index in [0.717, 1.165) is 0 Å². The molecule has 8 nitrogen and oxygen atoms in total. The number of imide groups is 1. The number of nitrogens with one attached hydrogen (secondary N) is 2. The Morgan fingerprint density at radius 2 is 1.45 bits per heavy atom. The van der Waals surface area contributed by atoms with Crippen molar-refractivity contribution in [1.82, 2.24) is 15.8 Å². The topological polar surface area (TPSA) is 109 Å². The normalized spacial score (nSPS) is 12.6. The maximum absolute atomic E-state index is 12.5. The van der Waals surface area contributed by atoms with E-state index < -0.39 is 11.8 Å². The Labute approximate surface area is 177 Å². The lowest BCUT2D eigenvalue weighted by Gasteiger charge is -2.14. The van der Waals surface area contributed by atoms with Crippen LogP contribution in [0.1, 0.15) is 58.5 Å². The second-order valence-electron chi connectivity index (χ2n) is 7.17. The number of nitrogens with zero attached hydrogens (tertiary/aromatic N) is 1. The van der Waals surface area contributed by atoms with E-state index in [4.69, 9.17) is 4.42 Å². The monoisotopic (exact) mass is 417 g/mol. The van der Waals surface area contributed by atoms with E-state index >= 15 is 0 Å². The fraction of sp³-hybridized carbons (Fsp3) is 0.130. The summed E-state index contributed by atoms with van der Waals surface area (Å²) in [6, 6.07) is 14.7. The number of carbonyl (C=O) groups excluding carboxylic acids is 4. The summed E-state index contributed by atoms with van der Waals surface area (Å²) < 4.78 is 5.31. The van der Waals surface area contributed by atoms with Crippen LogP contribution in [0.15, 0.2) is 59.0 Å². The molecule has 0 saturated heterocycles. The zero-order chi connectivity index (χ0) is 22.1. The molecule has 0 saturated carbocycles. The van der Waals surface area contributed by atoms with Gasteiger partial charge in [-0.2, -0.15) is 0 Å². The van der Waals surface area contributed by atoms with Gasteiger partial charge in [0.15, 0.2) is 0 Å². The van der Waals surface area contributed by atoms with E-state index in [1.165, 1.54) is 4.90 Å². The molecule has 2 heterocycles. The number of benzene rings is 2. The van der Waals surface area contributed by atoms with Crippen molar-refractivity contribution in [3.63, 3.8) is 0 Å². The zero-order valence-electron chi connectivity index (χ0n) is 16.9. The molecule has 156 valence electrons. The third kappa shape index (κ3) is 3.83. The van der Waals surface area contributed by atoms with Crippen LogP contribution in [-0.2, 0) is 6.54 Å². The maximum atomic E-state index is 12.5. The Kier molecular flexibility index (Phi) is 5.12. The number of furan rings is 1. The van der Waals surface area contributed by atoms with Crippen molar-refractivity contribution in [3.05, 3.63) is 93.9 Å². The van der Waals surface area contributed by atoms with Crippen LogP contribution < -0.4 is 10.9 Å². The molecule has 8 heteroatoms. The van der Waals surface area contributed by atoms with Crippen molar-refractivity contribution in [2.24, 2.45) is 0 Å². The van der Waals surface area contributed by atoms with Gasteiger partial charge in [0, 0.05) is 5.56 Å². The highest BCUT2D eigenvalue weighted by Crippen LogP contribution is 2.24. The predicted molar refractivity (Wildman–Crippen MR) is 110 cm³/mol. The first kappa shape index (κ1) is 20.1. The molecule has 2 N–H and O–H groups in total. The van der Waals surface area contributed by atoms with E-state index in [2.05, 4.69) is 10.9 Å². The van der Waals surface area contributed by atoms with E-state index in [-0.39, 0.29) is 18.4 Å². The number of carbonyl (C=O) groups is 4. The average Bonchev–Trinajstić information content (AvgIpc) is 3.23. The summed E-state index contributed by atoms with van der Waals surface area (Å²) in [5, 5.41) is 0. The van der Waals surface area contributed by atoms with Gasteiger partial charge in [-0.3, -0.25) is 34.9 Å². The molecule has 0 bridgehead atoms. The minimum absolute atomic E-state index is 0.101. The SMILES string of the molecule is Cc1cc(C(=O)NNC(=O)c2ccc(CN3C(=O)c4ccccc4C3=O)cc2)c(C)o1. The van der Waals surface area contributed by atoms with Crippen molar-refractivity contribution in [2.45, 2.75) is 20.4 Å². The minimum Gasteiger partial charge on any atom is -0.466 e. The summed E-state index contributed by atoms with van der Waals surface area (Å²) in [6.07, 6.45) is 0. The first-order chi connectivity index (χ1) is 14.8. The predicted octanol–water partition coefficient (Wildman–Crippen LogP) is 2.77. The van der Waals surface area contributed by atoms with Crippen LogP contribution in [0.3, 0.4) is 0 Å². The van der Waals surface area contributed by atoms with Crippen LogP contribution in [0, 0.1) is 13.8 Å². The van der Waals surface area contributed by atoms with Crippen LogP contribution in [0.2, 0.25) is 0 Å². The highest BCUT2D eigenvalue weighted by Gasteiger charge is 2.34. The van der Waals surface area contributed by atoms with Gasteiger partial charge >= 0.3 is 0 Å². The second-order valence-corrected chi connectivity index (χ2v) is 7.17. The van der Waals surface area contributed by atoms with Crippen molar-refractivity contribution in [1.29, 1.82) is 0 Å². The van der Waals surface area contributed by atoms with Gasteiger partial charge in [-0.25, -0.2) is 0 Å². The number of hydrogen-bond acceptors (Lipinski definition) is 5. The molecule has 2 aromatic carbocycles. The van der Waals surface area contributed by atoms with Gasteiger partial charge in [0.05, 0.1) is 23.2 Å². The van der Waals surface area contributed by atoms with Gasteiger partial charge in [0.2, 0.25) is 0 Å². The van der Waals surface area contributed by atoms with E-state index in [1.54, 1.807) is 68.4 Å². The Bertz CT molecular complexity index is 1180. The van der Waals surface area contributed by atoms with Crippen LogP contribution in [0.5, 0.6) is 0 Å². The van der Waals surface area contributed by atoms with E-state index in [0.29, 0.717) is 39.3 Å². The molecule has 31 heavy (non-hydrogen) atoms. The molecule has 1 aromatic heterocycles. The molecule has 0 aliphatic carbocycles. The minimum atomic E-state index is -0.501. The Balaban J connectivity index is 1.38. The number of hydrazine groups is 1. The lowest BCUT2D eigenvalue weighted by atomic mass is 10.1. The van der Waals surface area contributed by atoms with E-state index in [9.17, 15) is 19.2 Å². The highest BCUT2D eigenvalue weighted by atomic mass is 16.3. The largest absolute Gasteiger partial charge is 0.466 e. The Hall–Kier alpha value is -4.20. The molecular formula is C23H19N3O5. The Morgan fingerprint density at radius 3 is 2.00 bits per heavy atom. The standard InChI is InChI=1S/C23H19N3O5/c1-13-11-19(14(2)31-13)21(28)25-24-20(27)16-9-7-15(8-10-16)12-26-22(29)17-5-3-4-6-18(17)23(26)30/h3-11H,12H2,1-2H3,(H,24,27)(H,25,28). The summed E-state index contributed by atoms with van der Waals surface area (Å²) in [6.45, 7) is 3.49. The molecule has 0 atom stereocenters. The summed E-state index contributed by atoms with van der Waals surface area (Å²) in [4.78, 5) is 50.6. The van der Waals surface area contributed by atoms with Crippen molar-refractivity contribution < 1.29 is 23.6 Å². The summed E-state index contributed by atoms with van der Waals surface area (Å²) >= 11 is 0. The highest BCUT2D eigenvalue weighted by molar-refractivity contribution is 6.21. The van der Waals surface area contributed by atoms with Gasteiger partial charge in [-0.1, -0.05) is 24.3 Å². The van der Waals surface area contributed by atoms with Crippen LogP contribution >= 0.6 is 0 Å². The van der Waals surface area contributed by atoms with Crippen molar-refractivity contribution >= 4 is 23.6 Å². The van der Waals surface area contributed by atoms with Crippen molar-refractivity contribution in [2.75, 3.05) is 0 Å². The first-order valence-electron chi connectivity index (χ1n) is 9.57. The van der Waals surface area contributed by atoms with Crippen molar-refractivity contribution in [3.8, 4) is 0 Å². The van der Waals surface area contributed by atoms with Gasteiger partial charge in [-0.05, 0) is 49.7 Å². The summed E-state index contributed by atoms with van der Waals surface area (Å²) in [7, 11) is 0. The maximum Gasteiger partial charge on any atom is 0.273 e. The number of aryl methyl sites for hydroxylation is 2. The molecule has 1 aliphatic heterocycles. The molecule has 0 spiro atoms. The third-order valence-electron chi connectivity index (χ3n) is 5.01. The fourth-order valence-electron chi connectivity index (χ4n) is 3.44. The number of hydrogen-bond donors (Lipinski definition) is 2. The lowest BCUT2D eigenvalue weighted by molar-refractivity contribution is 0.0641. The molecule has 0 unspecified atom stereocenters. The van der Waals surface area contributed by atoms with Crippen LogP contribution in [0.25, 0.3) is 0 Å².